The van der Waals surface area contributed by atoms with Gasteiger partial charge in [0.15, 0.2) is 11.5 Å². The Kier molecular flexibility index (Phi) is 5.76. The lowest BCUT2D eigenvalue weighted by Gasteiger charge is -2.30. The van der Waals surface area contributed by atoms with E-state index in [1.54, 1.807) is 32.5 Å². The fourth-order valence-electron chi connectivity index (χ4n) is 4.61. The lowest BCUT2D eigenvalue weighted by Crippen LogP contribution is -2.36. The minimum atomic E-state index is -0.252. The summed E-state index contributed by atoms with van der Waals surface area (Å²) in [4.78, 5) is 33.6. The summed E-state index contributed by atoms with van der Waals surface area (Å²) in [7, 11) is 3.24. The minimum absolute atomic E-state index is 0.0312. The van der Waals surface area contributed by atoms with Crippen molar-refractivity contribution in [2.24, 2.45) is 0 Å². The number of aryl methyl sites for hydroxylation is 1. The Morgan fingerprint density at radius 3 is 2.61 bits per heavy atom. The van der Waals surface area contributed by atoms with Crippen LogP contribution in [0.25, 0.3) is 0 Å². The SMILES string of the molecule is COc1cc2c(cc1OC)CN(C(=O)c1c(NC(=O)c3cccnc3)sc3c1CCC3)CC2. The van der Waals surface area contributed by atoms with Crippen molar-refractivity contribution in [3.8, 4) is 11.5 Å². The molecule has 1 aliphatic carbocycles. The third-order valence-corrected chi connectivity index (χ3v) is 7.50. The van der Waals surface area contributed by atoms with Crippen LogP contribution in [0.15, 0.2) is 36.7 Å². The molecule has 0 saturated heterocycles. The number of fused-ring (bicyclic) bond motifs is 2. The number of carbonyl (C=O) groups is 2. The van der Waals surface area contributed by atoms with Crippen LogP contribution in [0.3, 0.4) is 0 Å². The van der Waals surface area contributed by atoms with E-state index in [1.807, 2.05) is 17.0 Å². The van der Waals surface area contributed by atoms with Gasteiger partial charge in [-0.25, -0.2) is 0 Å². The maximum absolute atomic E-state index is 13.8. The molecule has 0 atom stereocenters. The Balaban J connectivity index is 1.44. The molecule has 1 aromatic carbocycles. The molecular weight excluding hydrogens is 438 g/mol. The second kappa shape index (κ2) is 8.86. The van der Waals surface area contributed by atoms with Crippen LogP contribution in [0, 0.1) is 0 Å². The summed E-state index contributed by atoms with van der Waals surface area (Å²) in [6.45, 7) is 1.11. The molecule has 0 unspecified atom stereocenters. The van der Waals surface area contributed by atoms with Gasteiger partial charge in [0.1, 0.15) is 5.00 Å². The van der Waals surface area contributed by atoms with E-state index in [9.17, 15) is 9.59 Å². The number of nitrogens with one attached hydrogen (secondary N) is 1. The van der Waals surface area contributed by atoms with Crippen LogP contribution < -0.4 is 14.8 Å². The van der Waals surface area contributed by atoms with Gasteiger partial charge in [-0.05, 0) is 66.6 Å². The van der Waals surface area contributed by atoms with E-state index in [0.717, 1.165) is 42.4 Å². The zero-order valence-corrected chi connectivity index (χ0v) is 19.5. The Morgan fingerprint density at radius 2 is 1.88 bits per heavy atom. The molecule has 0 saturated carbocycles. The Bertz CT molecular complexity index is 1220. The van der Waals surface area contributed by atoms with Gasteiger partial charge in [-0.2, -0.15) is 0 Å². The predicted molar refractivity (Wildman–Crippen MR) is 127 cm³/mol. The number of hydrogen-bond donors (Lipinski definition) is 1. The van der Waals surface area contributed by atoms with E-state index in [4.69, 9.17) is 9.47 Å². The molecule has 5 rings (SSSR count). The molecule has 1 N–H and O–H groups in total. The molecule has 0 fully saturated rings. The quantitative estimate of drug-likeness (QED) is 0.616. The number of hydrogen-bond acceptors (Lipinski definition) is 6. The van der Waals surface area contributed by atoms with E-state index in [2.05, 4.69) is 10.3 Å². The lowest BCUT2D eigenvalue weighted by molar-refractivity contribution is 0.0735. The van der Waals surface area contributed by atoms with Crippen LogP contribution in [0.1, 0.15) is 48.7 Å². The first-order chi connectivity index (χ1) is 16.1. The van der Waals surface area contributed by atoms with Gasteiger partial charge in [0.2, 0.25) is 0 Å². The highest BCUT2D eigenvalue weighted by atomic mass is 32.1. The minimum Gasteiger partial charge on any atom is -0.493 e. The van der Waals surface area contributed by atoms with E-state index in [1.165, 1.54) is 22.4 Å². The first-order valence-electron chi connectivity index (χ1n) is 11.0. The molecule has 1 aliphatic heterocycles. The second-order valence-corrected chi connectivity index (χ2v) is 9.32. The van der Waals surface area contributed by atoms with E-state index in [-0.39, 0.29) is 11.8 Å². The number of benzene rings is 1. The molecule has 2 aromatic heterocycles. The van der Waals surface area contributed by atoms with Crippen LogP contribution in [0.5, 0.6) is 11.5 Å². The van der Waals surface area contributed by atoms with Crippen molar-refractivity contribution in [1.82, 2.24) is 9.88 Å². The monoisotopic (exact) mass is 463 g/mol. The van der Waals surface area contributed by atoms with Crippen molar-refractivity contribution >= 4 is 28.2 Å². The topological polar surface area (TPSA) is 80.8 Å². The summed E-state index contributed by atoms with van der Waals surface area (Å²) < 4.78 is 10.9. The van der Waals surface area contributed by atoms with Gasteiger partial charge in [0.25, 0.3) is 11.8 Å². The first kappa shape index (κ1) is 21.5. The van der Waals surface area contributed by atoms with Crippen LogP contribution >= 0.6 is 11.3 Å². The zero-order valence-electron chi connectivity index (χ0n) is 18.6. The molecular formula is C25H25N3O4S. The van der Waals surface area contributed by atoms with E-state index >= 15 is 0 Å². The van der Waals surface area contributed by atoms with E-state index in [0.29, 0.717) is 40.7 Å². The highest BCUT2D eigenvalue weighted by Crippen LogP contribution is 2.41. The maximum atomic E-state index is 13.8. The van der Waals surface area contributed by atoms with Gasteiger partial charge >= 0.3 is 0 Å². The van der Waals surface area contributed by atoms with Crippen molar-refractivity contribution < 1.29 is 19.1 Å². The van der Waals surface area contributed by atoms with Crippen molar-refractivity contribution in [3.63, 3.8) is 0 Å². The fourth-order valence-corrected chi connectivity index (χ4v) is 5.88. The van der Waals surface area contributed by atoms with Crippen LogP contribution in [0.2, 0.25) is 0 Å². The summed E-state index contributed by atoms with van der Waals surface area (Å²) in [5.74, 6) is 1.08. The van der Waals surface area contributed by atoms with Gasteiger partial charge in [-0.15, -0.1) is 11.3 Å². The summed E-state index contributed by atoms with van der Waals surface area (Å²) in [6.07, 6.45) is 6.75. The normalized spacial score (nSPS) is 14.4. The standard InChI is InChI=1S/C25H25N3O4S/c1-31-19-11-15-8-10-28(14-17(15)12-20(19)32-2)25(30)22-18-6-3-7-21(18)33-24(22)27-23(29)16-5-4-9-26-13-16/h4-5,9,11-13H,3,6-8,10,14H2,1-2H3,(H,27,29). The Hall–Kier alpha value is -3.39. The van der Waals surface area contributed by atoms with Gasteiger partial charge in [-0.1, -0.05) is 0 Å². The molecule has 2 aliphatic rings. The van der Waals surface area contributed by atoms with Crippen molar-refractivity contribution in [1.29, 1.82) is 0 Å². The van der Waals surface area contributed by atoms with Gasteiger partial charge in [-0.3, -0.25) is 14.6 Å². The number of methoxy groups -OCH3 is 2. The van der Waals surface area contributed by atoms with Crippen LogP contribution in [-0.4, -0.2) is 42.5 Å². The smallest absolute Gasteiger partial charge is 0.257 e. The summed E-state index contributed by atoms with van der Waals surface area (Å²) in [6, 6.07) is 7.40. The molecule has 170 valence electrons. The van der Waals surface area contributed by atoms with Crippen molar-refractivity contribution in [2.75, 3.05) is 26.1 Å². The third-order valence-electron chi connectivity index (χ3n) is 6.29. The number of nitrogens with zero attached hydrogens (tertiary/aromatic N) is 2. The molecule has 7 nitrogen and oxygen atoms in total. The highest BCUT2D eigenvalue weighted by Gasteiger charge is 2.32. The fraction of sp³-hybridized carbons (Fsp3) is 0.320. The number of carbonyl (C=O) groups excluding carboxylic acids is 2. The molecule has 8 heteroatoms. The number of ether oxygens (including phenoxy) is 2. The molecule has 2 amide bonds. The number of aromatic nitrogens is 1. The van der Waals surface area contributed by atoms with E-state index < -0.39 is 0 Å². The molecule has 0 spiro atoms. The number of rotatable bonds is 5. The molecule has 3 heterocycles. The second-order valence-electron chi connectivity index (χ2n) is 8.21. The number of amides is 2. The lowest BCUT2D eigenvalue weighted by atomic mass is 9.97. The maximum Gasteiger partial charge on any atom is 0.257 e. The third kappa shape index (κ3) is 3.95. The first-order valence-corrected chi connectivity index (χ1v) is 11.8. The van der Waals surface area contributed by atoms with Crippen molar-refractivity contribution in [2.45, 2.75) is 32.2 Å². The zero-order chi connectivity index (χ0) is 22.9. The average molecular weight is 464 g/mol. The molecule has 0 radical (unpaired) electrons. The number of anilines is 1. The van der Waals surface area contributed by atoms with Crippen molar-refractivity contribution in [3.05, 3.63) is 69.4 Å². The molecule has 3 aromatic rings. The van der Waals surface area contributed by atoms with Gasteiger partial charge in [0.05, 0.1) is 25.3 Å². The number of pyridine rings is 1. The number of thiophene rings is 1. The Labute approximate surface area is 196 Å². The summed E-state index contributed by atoms with van der Waals surface area (Å²) in [5, 5.41) is 3.62. The Morgan fingerprint density at radius 1 is 1.09 bits per heavy atom. The van der Waals surface area contributed by atoms with Crippen LogP contribution in [0.4, 0.5) is 5.00 Å². The predicted octanol–water partition coefficient (Wildman–Crippen LogP) is 4.10. The van der Waals surface area contributed by atoms with Gasteiger partial charge < -0.3 is 19.7 Å². The largest absolute Gasteiger partial charge is 0.493 e. The average Bonchev–Trinajstić information content (AvgIpc) is 3.43. The van der Waals surface area contributed by atoms with Gasteiger partial charge in [0, 0.05) is 30.4 Å². The van der Waals surface area contributed by atoms with Crippen LogP contribution in [-0.2, 0) is 25.8 Å². The molecule has 33 heavy (non-hydrogen) atoms. The summed E-state index contributed by atoms with van der Waals surface area (Å²) >= 11 is 1.52. The highest BCUT2D eigenvalue weighted by molar-refractivity contribution is 7.17. The molecule has 0 bridgehead atoms. The summed E-state index contributed by atoms with van der Waals surface area (Å²) in [5.41, 5.74) is 4.42.